The Morgan fingerprint density at radius 2 is 1.75 bits per heavy atom. The summed E-state index contributed by atoms with van der Waals surface area (Å²) >= 11 is 0. The highest BCUT2D eigenvalue weighted by Gasteiger charge is 2.34. The number of sulfonamides is 1. The zero-order chi connectivity index (χ0) is 29.1. The molecule has 2 N–H and O–H groups in total. The van der Waals surface area contributed by atoms with E-state index in [9.17, 15) is 30.8 Å². The highest BCUT2D eigenvalue weighted by Crippen LogP contribution is 2.32. The molecule has 0 radical (unpaired) electrons. The molecule has 13 heteroatoms. The first-order valence-corrected chi connectivity index (χ1v) is 15.3. The van der Waals surface area contributed by atoms with Crippen LogP contribution < -0.4 is 14.9 Å². The summed E-state index contributed by atoms with van der Waals surface area (Å²) in [5, 5.41) is 2.74. The van der Waals surface area contributed by atoms with E-state index < -0.39 is 39.5 Å². The number of rotatable bonds is 8. The van der Waals surface area contributed by atoms with Crippen molar-refractivity contribution >= 4 is 27.4 Å². The third kappa shape index (κ3) is 7.62. The van der Waals surface area contributed by atoms with Gasteiger partial charge in [0.2, 0.25) is 15.9 Å². The number of carbonyl (C=O) groups excluding carboxylic acids is 1. The molecule has 1 unspecified atom stereocenters. The summed E-state index contributed by atoms with van der Waals surface area (Å²) in [4.78, 5) is 21.2. The molecule has 2 aromatic rings. The van der Waals surface area contributed by atoms with Crippen LogP contribution in [0.2, 0.25) is 0 Å². The number of hydrogen-bond donors (Lipinski definition) is 2. The van der Waals surface area contributed by atoms with Crippen molar-refractivity contribution in [3.05, 3.63) is 53.0 Å². The number of halogens is 4. The van der Waals surface area contributed by atoms with Crippen molar-refractivity contribution < 1.29 is 30.8 Å². The molecule has 1 amide bonds. The minimum absolute atomic E-state index is 0.0497. The van der Waals surface area contributed by atoms with E-state index in [2.05, 4.69) is 19.9 Å². The third-order valence-corrected chi connectivity index (χ3v) is 8.14. The molecule has 3 heterocycles. The van der Waals surface area contributed by atoms with E-state index in [0.29, 0.717) is 30.3 Å². The van der Waals surface area contributed by atoms with Crippen LogP contribution in [0, 0.1) is 5.82 Å². The highest BCUT2D eigenvalue weighted by molar-refractivity contribution is 7.92. The van der Waals surface area contributed by atoms with Crippen LogP contribution >= 0.6 is 0 Å². The van der Waals surface area contributed by atoms with E-state index in [1.165, 1.54) is 37.5 Å². The van der Waals surface area contributed by atoms with Gasteiger partial charge in [0.05, 0.1) is 17.9 Å². The predicted molar refractivity (Wildman–Crippen MR) is 145 cm³/mol. The largest absolute Gasteiger partial charge is 0.433 e. The Bertz CT molecular complexity index is 1310. The fraction of sp³-hybridized carbons (Fsp3) is 0.556. The lowest BCUT2D eigenvalue weighted by atomic mass is 9.99. The summed E-state index contributed by atoms with van der Waals surface area (Å²) in [5.74, 6) is -1.88. The van der Waals surface area contributed by atoms with Crippen molar-refractivity contribution in [2.75, 3.05) is 42.1 Å². The van der Waals surface area contributed by atoms with Crippen molar-refractivity contribution in [3.8, 4) is 0 Å². The Hall–Kier alpha value is -2.93. The van der Waals surface area contributed by atoms with Crippen LogP contribution in [0.3, 0.4) is 0 Å². The quantitative estimate of drug-likeness (QED) is 0.444. The van der Waals surface area contributed by atoms with Crippen LogP contribution in [0.15, 0.2) is 30.3 Å². The maximum atomic E-state index is 14.4. The van der Waals surface area contributed by atoms with Crippen molar-refractivity contribution in [3.63, 3.8) is 0 Å². The fourth-order valence-electron chi connectivity index (χ4n) is 5.34. The topological polar surface area (TPSA) is 94.6 Å². The van der Waals surface area contributed by atoms with Gasteiger partial charge < -0.3 is 15.1 Å². The number of hydrogen-bond acceptors (Lipinski definition) is 6. The number of nitrogens with zero attached hydrogens (tertiary/aromatic N) is 3. The predicted octanol–water partition coefficient (Wildman–Crippen LogP) is 4.49. The van der Waals surface area contributed by atoms with Crippen LogP contribution in [-0.4, -0.2) is 62.7 Å². The van der Waals surface area contributed by atoms with Crippen LogP contribution in [0.5, 0.6) is 0 Å². The number of anilines is 2. The molecule has 1 atom stereocenters. The molecule has 1 aromatic heterocycles. The average Bonchev–Trinajstić information content (AvgIpc) is 2.91. The first kappa shape index (κ1) is 30.0. The van der Waals surface area contributed by atoms with Gasteiger partial charge in [-0.1, -0.05) is 18.6 Å². The Morgan fingerprint density at radius 1 is 1.07 bits per heavy atom. The zero-order valence-corrected chi connectivity index (χ0v) is 23.4. The maximum Gasteiger partial charge on any atom is 0.433 e. The SMILES string of the molecule is CC(C(=O)NCc1ccc(C(F)(F)F)nc1N1CCC(N2CCCCC2)CC1)c1ccc(NS(C)(=O)=O)c(F)c1. The number of amides is 1. The number of likely N-dealkylation sites (tertiary alicyclic amines) is 1. The van der Waals surface area contributed by atoms with Crippen LogP contribution in [0.1, 0.15) is 61.8 Å². The molecule has 0 bridgehead atoms. The summed E-state index contributed by atoms with van der Waals surface area (Å²) in [6, 6.07) is 6.43. The fourth-order valence-corrected chi connectivity index (χ4v) is 5.91. The molecule has 220 valence electrons. The monoisotopic (exact) mass is 585 g/mol. The third-order valence-electron chi connectivity index (χ3n) is 7.55. The lowest BCUT2D eigenvalue weighted by Gasteiger charge is -2.41. The number of pyridine rings is 1. The van der Waals surface area contributed by atoms with Crippen molar-refractivity contribution in [2.24, 2.45) is 0 Å². The Labute approximate surface area is 232 Å². The van der Waals surface area contributed by atoms with Crippen LogP contribution in [0.25, 0.3) is 0 Å². The molecule has 0 saturated carbocycles. The van der Waals surface area contributed by atoms with Gasteiger partial charge in [0.25, 0.3) is 0 Å². The molecule has 1 aromatic carbocycles. The minimum Gasteiger partial charge on any atom is -0.356 e. The van der Waals surface area contributed by atoms with Gasteiger partial charge in [-0.05, 0) is 69.5 Å². The number of benzene rings is 1. The van der Waals surface area contributed by atoms with Gasteiger partial charge in [0.15, 0.2) is 0 Å². The lowest BCUT2D eigenvalue weighted by Crippen LogP contribution is -2.47. The summed E-state index contributed by atoms with van der Waals surface area (Å²) in [6.07, 6.45) is 1.54. The molecule has 40 heavy (non-hydrogen) atoms. The van der Waals surface area contributed by atoms with E-state index in [1.807, 2.05) is 4.90 Å². The highest BCUT2D eigenvalue weighted by atomic mass is 32.2. The smallest absolute Gasteiger partial charge is 0.356 e. The zero-order valence-electron chi connectivity index (χ0n) is 22.6. The molecule has 2 saturated heterocycles. The molecule has 2 aliphatic heterocycles. The normalized spacial score (nSPS) is 18.4. The Morgan fingerprint density at radius 3 is 2.35 bits per heavy atom. The lowest BCUT2D eigenvalue weighted by molar-refractivity contribution is -0.141. The van der Waals surface area contributed by atoms with E-state index in [-0.39, 0.29) is 18.1 Å². The second kappa shape index (κ2) is 12.3. The van der Waals surface area contributed by atoms with Crippen LogP contribution in [0.4, 0.5) is 29.1 Å². The molecule has 2 aliphatic rings. The Kier molecular flexibility index (Phi) is 9.23. The molecule has 0 aliphatic carbocycles. The number of aromatic nitrogens is 1. The van der Waals surface area contributed by atoms with E-state index in [1.54, 1.807) is 6.92 Å². The van der Waals surface area contributed by atoms with Gasteiger partial charge >= 0.3 is 6.18 Å². The summed E-state index contributed by atoms with van der Waals surface area (Å²) in [7, 11) is -3.68. The van der Waals surface area contributed by atoms with Gasteiger partial charge in [-0.15, -0.1) is 0 Å². The molecular formula is C27H35F4N5O3S. The van der Waals surface area contributed by atoms with Gasteiger partial charge in [0, 0.05) is 31.2 Å². The van der Waals surface area contributed by atoms with Crippen molar-refractivity contribution in [1.82, 2.24) is 15.2 Å². The first-order valence-electron chi connectivity index (χ1n) is 13.4. The van der Waals surface area contributed by atoms with Gasteiger partial charge in [-0.2, -0.15) is 13.2 Å². The van der Waals surface area contributed by atoms with Crippen LogP contribution in [-0.2, 0) is 27.5 Å². The number of piperidine rings is 2. The van der Waals surface area contributed by atoms with Crippen molar-refractivity contribution in [1.29, 1.82) is 0 Å². The second-order valence-corrected chi connectivity index (χ2v) is 12.3. The van der Waals surface area contributed by atoms with Gasteiger partial charge in [0.1, 0.15) is 17.3 Å². The van der Waals surface area contributed by atoms with Crippen molar-refractivity contribution in [2.45, 2.75) is 63.7 Å². The average molecular weight is 586 g/mol. The molecule has 8 nitrogen and oxygen atoms in total. The first-order chi connectivity index (χ1) is 18.8. The molecule has 0 spiro atoms. The molecule has 4 rings (SSSR count). The maximum absolute atomic E-state index is 14.4. The second-order valence-electron chi connectivity index (χ2n) is 10.5. The number of nitrogens with one attached hydrogen (secondary N) is 2. The van der Waals surface area contributed by atoms with E-state index >= 15 is 0 Å². The van der Waals surface area contributed by atoms with Gasteiger partial charge in [-0.25, -0.2) is 17.8 Å². The minimum atomic E-state index is -4.60. The standard InChI is InChI=1S/C27H35F4N5O3S/c1-18(19-6-8-23(22(28)16-19)34-40(2,38)39)26(37)32-17-20-7-9-24(27(29,30)31)33-25(20)36-14-10-21(11-15-36)35-12-4-3-5-13-35/h6-9,16,18,21,34H,3-5,10-15,17H2,1-2H3,(H,32,37). The van der Waals surface area contributed by atoms with E-state index in [4.69, 9.17) is 0 Å². The number of carbonyl (C=O) groups is 1. The van der Waals surface area contributed by atoms with Gasteiger partial charge in [-0.3, -0.25) is 9.52 Å². The summed E-state index contributed by atoms with van der Waals surface area (Å²) in [6.45, 7) is 4.77. The molecular weight excluding hydrogens is 550 g/mol. The Balaban J connectivity index is 1.45. The summed E-state index contributed by atoms with van der Waals surface area (Å²) < 4.78 is 79.8. The molecule has 2 fully saturated rings. The van der Waals surface area contributed by atoms with E-state index in [0.717, 1.165) is 44.3 Å². The number of alkyl halides is 3. The summed E-state index contributed by atoms with van der Waals surface area (Å²) in [5.41, 5.74) is -0.436.